The fraction of sp³-hybridized carbons (Fsp3) is 1.00. The second-order valence-corrected chi connectivity index (χ2v) is 5.77. The first-order chi connectivity index (χ1) is 8.86. The van der Waals surface area contributed by atoms with Gasteiger partial charge in [-0.3, -0.25) is 0 Å². The Morgan fingerprint density at radius 2 is 1.72 bits per heavy atom. The molecule has 1 aliphatic heterocycles. The normalized spacial score (nSPS) is 20.5. The summed E-state index contributed by atoms with van der Waals surface area (Å²) in [6.07, 6.45) is 13.4. The lowest BCUT2D eigenvalue weighted by atomic mass is 10.00. The van der Waals surface area contributed by atoms with Crippen molar-refractivity contribution in [1.82, 2.24) is 5.32 Å². The van der Waals surface area contributed by atoms with E-state index >= 15 is 0 Å². The average molecular weight is 255 g/mol. The summed E-state index contributed by atoms with van der Waals surface area (Å²) in [4.78, 5) is 0. The van der Waals surface area contributed by atoms with Crippen molar-refractivity contribution in [2.75, 3.05) is 13.2 Å². The Labute approximate surface area is 114 Å². The Morgan fingerprint density at radius 1 is 1.06 bits per heavy atom. The summed E-state index contributed by atoms with van der Waals surface area (Å²) < 4.78 is 5.57. The van der Waals surface area contributed by atoms with Crippen LogP contribution in [0.2, 0.25) is 0 Å². The van der Waals surface area contributed by atoms with Crippen molar-refractivity contribution in [3.8, 4) is 0 Å². The fourth-order valence-corrected chi connectivity index (χ4v) is 2.80. The van der Waals surface area contributed by atoms with Crippen molar-refractivity contribution < 1.29 is 4.74 Å². The number of rotatable bonds is 10. The second kappa shape index (κ2) is 10.8. The van der Waals surface area contributed by atoms with Crippen LogP contribution in [0, 0.1) is 0 Å². The van der Waals surface area contributed by atoms with Crippen LogP contribution in [0.25, 0.3) is 0 Å². The van der Waals surface area contributed by atoms with Gasteiger partial charge < -0.3 is 10.1 Å². The summed E-state index contributed by atoms with van der Waals surface area (Å²) in [6, 6.07) is 1.35. The third-order valence-electron chi connectivity index (χ3n) is 3.94. The Hall–Kier alpha value is -0.0800. The van der Waals surface area contributed by atoms with E-state index in [1.807, 2.05) is 0 Å². The maximum Gasteiger partial charge on any atom is 0.0619 e. The smallest absolute Gasteiger partial charge is 0.0619 e. The highest BCUT2D eigenvalue weighted by Crippen LogP contribution is 2.14. The Bertz CT molecular complexity index is 168. The topological polar surface area (TPSA) is 21.3 Å². The molecule has 1 heterocycles. The number of hydrogen-bond donors (Lipinski definition) is 1. The molecule has 1 saturated heterocycles. The first kappa shape index (κ1) is 16.0. The molecule has 1 rings (SSSR count). The minimum absolute atomic E-state index is 0.618. The van der Waals surface area contributed by atoms with Crippen LogP contribution in [-0.2, 0) is 4.74 Å². The largest absolute Gasteiger partial charge is 0.380 e. The molecule has 0 amide bonds. The van der Waals surface area contributed by atoms with Gasteiger partial charge in [0.25, 0.3) is 0 Å². The van der Waals surface area contributed by atoms with E-state index in [0.717, 1.165) is 19.3 Å². The van der Waals surface area contributed by atoms with E-state index in [2.05, 4.69) is 19.2 Å². The molecule has 2 heteroatoms. The monoisotopic (exact) mass is 255 g/mol. The molecule has 1 N–H and O–H groups in total. The third kappa shape index (κ3) is 7.38. The average Bonchev–Trinajstić information content (AvgIpc) is 2.40. The van der Waals surface area contributed by atoms with Gasteiger partial charge in [-0.1, -0.05) is 52.4 Å². The third-order valence-corrected chi connectivity index (χ3v) is 3.94. The van der Waals surface area contributed by atoms with Gasteiger partial charge in [0.1, 0.15) is 0 Å². The van der Waals surface area contributed by atoms with Crippen LogP contribution >= 0.6 is 0 Å². The lowest BCUT2D eigenvalue weighted by Crippen LogP contribution is -2.43. The molecule has 0 saturated carbocycles. The molecular weight excluding hydrogens is 222 g/mol. The van der Waals surface area contributed by atoms with Gasteiger partial charge in [0.15, 0.2) is 0 Å². The van der Waals surface area contributed by atoms with Crippen molar-refractivity contribution in [2.24, 2.45) is 0 Å². The summed E-state index contributed by atoms with van der Waals surface area (Å²) in [5, 5.41) is 3.85. The highest BCUT2D eigenvalue weighted by atomic mass is 16.5. The molecule has 0 spiro atoms. The van der Waals surface area contributed by atoms with Gasteiger partial charge in [-0.2, -0.15) is 0 Å². The zero-order valence-electron chi connectivity index (χ0n) is 12.5. The summed E-state index contributed by atoms with van der Waals surface area (Å²) >= 11 is 0. The summed E-state index contributed by atoms with van der Waals surface area (Å²) in [5.74, 6) is 0. The highest BCUT2D eigenvalue weighted by Gasteiger charge is 2.17. The molecule has 0 aromatic heterocycles. The maximum absolute atomic E-state index is 5.57. The standard InChI is InChI=1S/C16H33NO/c1-3-5-7-10-15(11-8-6-4-2)17-16-12-9-13-18-14-16/h15-17H,3-14H2,1-2H3. The fourth-order valence-electron chi connectivity index (χ4n) is 2.80. The molecule has 18 heavy (non-hydrogen) atoms. The van der Waals surface area contributed by atoms with Gasteiger partial charge in [-0.15, -0.1) is 0 Å². The van der Waals surface area contributed by atoms with Crippen LogP contribution in [0.1, 0.15) is 78.1 Å². The molecule has 1 aliphatic rings. The van der Waals surface area contributed by atoms with Gasteiger partial charge >= 0.3 is 0 Å². The quantitative estimate of drug-likeness (QED) is 0.588. The molecule has 0 aromatic rings. The van der Waals surface area contributed by atoms with Crippen LogP contribution in [-0.4, -0.2) is 25.3 Å². The number of hydrogen-bond acceptors (Lipinski definition) is 2. The van der Waals surface area contributed by atoms with Crippen LogP contribution < -0.4 is 5.32 Å². The zero-order valence-corrected chi connectivity index (χ0v) is 12.5. The van der Waals surface area contributed by atoms with Crippen molar-refractivity contribution in [3.63, 3.8) is 0 Å². The molecule has 2 nitrogen and oxygen atoms in total. The summed E-state index contributed by atoms with van der Waals surface area (Å²) in [5.41, 5.74) is 0. The lowest BCUT2D eigenvalue weighted by molar-refractivity contribution is 0.0651. The van der Waals surface area contributed by atoms with Crippen molar-refractivity contribution in [3.05, 3.63) is 0 Å². The Kier molecular flexibility index (Phi) is 9.59. The molecule has 108 valence electrons. The lowest BCUT2D eigenvalue weighted by Gasteiger charge is -2.28. The van der Waals surface area contributed by atoms with E-state index < -0.39 is 0 Å². The van der Waals surface area contributed by atoms with E-state index in [9.17, 15) is 0 Å². The Balaban J connectivity index is 2.22. The minimum atomic E-state index is 0.618. The van der Waals surface area contributed by atoms with Crippen LogP contribution in [0.15, 0.2) is 0 Å². The van der Waals surface area contributed by atoms with Crippen LogP contribution in [0.4, 0.5) is 0 Å². The summed E-state index contributed by atoms with van der Waals surface area (Å²) in [7, 11) is 0. The second-order valence-electron chi connectivity index (χ2n) is 5.77. The molecule has 0 aliphatic carbocycles. The van der Waals surface area contributed by atoms with Crippen LogP contribution in [0.5, 0.6) is 0 Å². The Morgan fingerprint density at radius 3 is 2.22 bits per heavy atom. The predicted molar refractivity (Wildman–Crippen MR) is 79.0 cm³/mol. The number of unbranched alkanes of at least 4 members (excludes halogenated alkanes) is 4. The summed E-state index contributed by atoms with van der Waals surface area (Å²) in [6.45, 7) is 6.47. The molecule has 1 fully saturated rings. The zero-order chi connectivity index (χ0) is 13.1. The van der Waals surface area contributed by atoms with Gasteiger partial charge in [-0.25, -0.2) is 0 Å². The molecule has 1 atom stereocenters. The number of ether oxygens (including phenoxy) is 1. The molecule has 0 radical (unpaired) electrons. The van der Waals surface area contributed by atoms with E-state index in [0.29, 0.717) is 6.04 Å². The van der Waals surface area contributed by atoms with Gasteiger partial charge in [0.2, 0.25) is 0 Å². The predicted octanol–water partition coefficient (Wildman–Crippen LogP) is 4.28. The molecule has 0 bridgehead atoms. The van der Waals surface area contributed by atoms with Crippen molar-refractivity contribution >= 4 is 0 Å². The maximum atomic E-state index is 5.57. The first-order valence-electron chi connectivity index (χ1n) is 8.20. The van der Waals surface area contributed by atoms with E-state index in [1.54, 1.807) is 0 Å². The van der Waals surface area contributed by atoms with E-state index in [1.165, 1.54) is 64.2 Å². The van der Waals surface area contributed by atoms with Crippen molar-refractivity contribution in [1.29, 1.82) is 0 Å². The van der Waals surface area contributed by atoms with Gasteiger partial charge in [0, 0.05) is 18.7 Å². The van der Waals surface area contributed by atoms with Crippen molar-refractivity contribution in [2.45, 2.75) is 90.1 Å². The highest BCUT2D eigenvalue weighted by molar-refractivity contribution is 4.76. The first-order valence-corrected chi connectivity index (χ1v) is 8.20. The van der Waals surface area contributed by atoms with Gasteiger partial charge in [0.05, 0.1) is 6.61 Å². The molecular formula is C16H33NO. The molecule has 0 aromatic carbocycles. The molecule has 1 unspecified atom stereocenters. The van der Waals surface area contributed by atoms with E-state index in [4.69, 9.17) is 4.74 Å². The SMILES string of the molecule is CCCCCC(CCCCC)NC1CCCOC1. The minimum Gasteiger partial charge on any atom is -0.380 e. The van der Waals surface area contributed by atoms with Gasteiger partial charge in [-0.05, 0) is 25.7 Å². The van der Waals surface area contributed by atoms with Crippen LogP contribution in [0.3, 0.4) is 0 Å². The number of nitrogens with one attached hydrogen (secondary N) is 1. The van der Waals surface area contributed by atoms with E-state index in [-0.39, 0.29) is 0 Å².